The number of allylic oxidation sites excluding steroid dienone is 2. The van der Waals surface area contributed by atoms with Gasteiger partial charge in [0.2, 0.25) is 0 Å². The molecule has 1 N–H and O–H groups in total. The molecule has 0 radical (unpaired) electrons. The van der Waals surface area contributed by atoms with Crippen LogP contribution in [0.4, 0.5) is 8.78 Å². The topological polar surface area (TPSA) is 27.6 Å². The fourth-order valence-electron chi connectivity index (χ4n) is 1.79. The van der Waals surface area contributed by atoms with E-state index >= 15 is 0 Å². The van der Waals surface area contributed by atoms with Crippen molar-refractivity contribution in [3.63, 3.8) is 0 Å². The first-order chi connectivity index (χ1) is 8.36. The highest BCUT2D eigenvalue weighted by Crippen LogP contribution is 2.32. The Balaban J connectivity index is 2.46. The van der Waals surface area contributed by atoms with Gasteiger partial charge in [-0.05, 0) is 26.5 Å². The summed E-state index contributed by atoms with van der Waals surface area (Å²) in [6, 6.07) is -0.785. The van der Waals surface area contributed by atoms with Crippen molar-refractivity contribution >= 4 is 6.21 Å². The summed E-state index contributed by atoms with van der Waals surface area (Å²) in [4.78, 5) is 5.73. The normalized spacial score (nSPS) is 24.7. The molecule has 1 saturated heterocycles. The van der Waals surface area contributed by atoms with Gasteiger partial charge < -0.3 is 5.32 Å². The standard InChI is InChI=1S/C13H21F2N3/c1-5-10(2)8-16-11(3)17-9-12-13(14,15)6-7-18(12)4/h5,8,12,17H,3,6-7,9H2,1-2,4H3/b10-5-,16-8-. The minimum Gasteiger partial charge on any atom is -0.369 e. The Kier molecular flexibility index (Phi) is 5.02. The highest BCUT2D eigenvalue weighted by Gasteiger charge is 2.46. The van der Waals surface area contributed by atoms with E-state index in [1.54, 1.807) is 18.2 Å². The van der Waals surface area contributed by atoms with E-state index in [9.17, 15) is 8.78 Å². The second kappa shape index (κ2) is 6.09. The Hall–Kier alpha value is -1.23. The Morgan fingerprint density at radius 1 is 1.61 bits per heavy atom. The molecule has 1 rings (SSSR count). The van der Waals surface area contributed by atoms with Gasteiger partial charge in [-0.25, -0.2) is 13.8 Å². The zero-order valence-electron chi connectivity index (χ0n) is 11.2. The fraction of sp³-hybridized carbons (Fsp3) is 0.615. The molecule has 0 aliphatic carbocycles. The van der Waals surface area contributed by atoms with Crippen LogP contribution in [0.25, 0.3) is 0 Å². The third-order valence-corrected chi connectivity index (χ3v) is 3.20. The summed E-state index contributed by atoms with van der Waals surface area (Å²) in [6.45, 7) is 8.10. The van der Waals surface area contributed by atoms with Gasteiger partial charge in [-0.15, -0.1) is 0 Å². The van der Waals surface area contributed by atoms with E-state index < -0.39 is 12.0 Å². The van der Waals surface area contributed by atoms with E-state index in [1.807, 2.05) is 19.9 Å². The summed E-state index contributed by atoms with van der Waals surface area (Å²) in [7, 11) is 1.71. The van der Waals surface area contributed by atoms with Gasteiger partial charge in [0, 0.05) is 25.7 Å². The average Bonchev–Trinajstić information content (AvgIpc) is 2.58. The Morgan fingerprint density at radius 2 is 2.28 bits per heavy atom. The molecule has 0 bridgehead atoms. The molecule has 3 nitrogen and oxygen atoms in total. The van der Waals surface area contributed by atoms with E-state index in [0.717, 1.165) is 5.57 Å². The maximum atomic E-state index is 13.5. The number of rotatable bonds is 5. The zero-order valence-corrected chi connectivity index (χ0v) is 11.2. The van der Waals surface area contributed by atoms with E-state index in [2.05, 4.69) is 16.9 Å². The first-order valence-corrected chi connectivity index (χ1v) is 6.04. The molecule has 1 fully saturated rings. The van der Waals surface area contributed by atoms with Crippen LogP contribution in [0.3, 0.4) is 0 Å². The molecule has 0 amide bonds. The Labute approximate surface area is 107 Å². The van der Waals surface area contributed by atoms with Crippen LogP contribution in [0.2, 0.25) is 0 Å². The second-order valence-corrected chi connectivity index (χ2v) is 4.63. The molecule has 18 heavy (non-hydrogen) atoms. The minimum absolute atomic E-state index is 0.0801. The summed E-state index contributed by atoms with van der Waals surface area (Å²) >= 11 is 0. The van der Waals surface area contributed by atoms with Crippen molar-refractivity contribution in [2.45, 2.75) is 32.2 Å². The average molecular weight is 257 g/mol. The number of hydrogen-bond donors (Lipinski definition) is 1. The summed E-state index contributed by atoms with van der Waals surface area (Å²) in [6.07, 6.45) is 3.49. The van der Waals surface area contributed by atoms with Crippen molar-refractivity contribution in [1.82, 2.24) is 10.2 Å². The van der Waals surface area contributed by atoms with Crippen LogP contribution in [0.15, 0.2) is 29.0 Å². The van der Waals surface area contributed by atoms with Crippen LogP contribution in [0.5, 0.6) is 0 Å². The lowest BCUT2D eigenvalue weighted by Gasteiger charge is -2.24. The SMILES string of the molecule is C=C(/N=C\C(C)=C/C)NCC1N(C)CCC1(F)F. The molecule has 0 aromatic rings. The molecular weight excluding hydrogens is 236 g/mol. The molecule has 1 unspecified atom stereocenters. The number of alkyl halides is 2. The van der Waals surface area contributed by atoms with Crippen molar-refractivity contribution in [2.75, 3.05) is 20.1 Å². The smallest absolute Gasteiger partial charge is 0.266 e. The van der Waals surface area contributed by atoms with Crippen molar-refractivity contribution < 1.29 is 8.78 Å². The van der Waals surface area contributed by atoms with Crippen LogP contribution in [0.1, 0.15) is 20.3 Å². The molecule has 0 aromatic heterocycles. The number of nitrogens with one attached hydrogen (secondary N) is 1. The number of likely N-dealkylation sites (tertiary alicyclic amines) is 1. The van der Waals surface area contributed by atoms with Crippen LogP contribution < -0.4 is 5.32 Å². The maximum absolute atomic E-state index is 13.5. The lowest BCUT2D eigenvalue weighted by molar-refractivity contribution is -0.0273. The number of aliphatic imine (C=N–C) groups is 1. The minimum atomic E-state index is -2.63. The van der Waals surface area contributed by atoms with E-state index in [0.29, 0.717) is 12.4 Å². The van der Waals surface area contributed by atoms with Crippen molar-refractivity contribution in [1.29, 1.82) is 0 Å². The first kappa shape index (κ1) is 14.8. The summed E-state index contributed by atoms with van der Waals surface area (Å²) < 4.78 is 27.0. The number of likely N-dealkylation sites (N-methyl/N-ethyl adjacent to an activating group) is 1. The quantitative estimate of drug-likeness (QED) is 0.766. The molecule has 0 spiro atoms. The monoisotopic (exact) mass is 257 g/mol. The Morgan fingerprint density at radius 3 is 2.78 bits per heavy atom. The lowest BCUT2D eigenvalue weighted by atomic mass is 10.1. The van der Waals surface area contributed by atoms with Gasteiger partial charge in [-0.2, -0.15) is 0 Å². The van der Waals surface area contributed by atoms with E-state index in [1.165, 1.54) is 0 Å². The lowest BCUT2D eigenvalue weighted by Crippen LogP contribution is -2.44. The molecule has 1 heterocycles. The van der Waals surface area contributed by atoms with Gasteiger partial charge in [0.05, 0.1) is 6.04 Å². The molecule has 1 aliphatic heterocycles. The third-order valence-electron chi connectivity index (χ3n) is 3.20. The van der Waals surface area contributed by atoms with Crippen LogP contribution >= 0.6 is 0 Å². The number of halogens is 2. The predicted octanol–water partition coefficient (Wildman–Crippen LogP) is 2.42. The Bertz CT molecular complexity index is 361. The summed E-state index contributed by atoms with van der Waals surface area (Å²) in [5, 5.41) is 2.85. The molecule has 1 atom stereocenters. The summed E-state index contributed by atoms with van der Waals surface area (Å²) in [5.41, 5.74) is 1.00. The zero-order chi connectivity index (χ0) is 13.8. The maximum Gasteiger partial charge on any atom is 0.266 e. The first-order valence-electron chi connectivity index (χ1n) is 6.04. The van der Waals surface area contributed by atoms with Crippen LogP contribution in [0, 0.1) is 0 Å². The van der Waals surface area contributed by atoms with Gasteiger partial charge in [0.1, 0.15) is 5.82 Å². The van der Waals surface area contributed by atoms with Gasteiger partial charge >= 0.3 is 0 Å². The molecule has 1 aliphatic rings. The predicted molar refractivity (Wildman–Crippen MR) is 71.0 cm³/mol. The largest absolute Gasteiger partial charge is 0.369 e. The molecule has 0 aromatic carbocycles. The van der Waals surface area contributed by atoms with Crippen molar-refractivity contribution in [2.24, 2.45) is 4.99 Å². The highest BCUT2D eigenvalue weighted by molar-refractivity contribution is 5.78. The number of nitrogens with zero attached hydrogens (tertiary/aromatic N) is 2. The summed E-state index contributed by atoms with van der Waals surface area (Å²) in [5.74, 6) is -2.22. The van der Waals surface area contributed by atoms with E-state index in [-0.39, 0.29) is 13.0 Å². The van der Waals surface area contributed by atoms with Gasteiger partial charge in [0.25, 0.3) is 5.92 Å². The third kappa shape index (κ3) is 3.91. The molecular formula is C13H21F2N3. The van der Waals surface area contributed by atoms with Gasteiger partial charge in [0.15, 0.2) is 0 Å². The molecule has 0 saturated carbocycles. The number of hydrogen-bond acceptors (Lipinski definition) is 3. The van der Waals surface area contributed by atoms with Crippen molar-refractivity contribution in [3.8, 4) is 0 Å². The molecule has 102 valence electrons. The molecule has 5 heteroatoms. The van der Waals surface area contributed by atoms with Gasteiger partial charge in [-0.3, -0.25) is 4.90 Å². The van der Waals surface area contributed by atoms with E-state index in [4.69, 9.17) is 0 Å². The second-order valence-electron chi connectivity index (χ2n) is 4.63. The van der Waals surface area contributed by atoms with Crippen LogP contribution in [-0.2, 0) is 0 Å². The highest BCUT2D eigenvalue weighted by atomic mass is 19.3. The van der Waals surface area contributed by atoms with Crippen molar-refractivity contribution in [3.05, 3.63) is 24.0 Å². The fourth-order valence-corrected chi connectivity index (χ4v) is 1.79. The van der Waals surface area contributed by atoms with Gasteiger partial charge in [-0.1, -0.05) is 12.7 Å². The van der Waals surface area contributed by atoms with Crippen LogP contribution in [-0.4, -0.2) is 43.2 Å².